The van der Waals surface area contributed by atoms with Crippen LogP contribution in [0.4, 0.5) is 0 Å². The summed E-state index contributed by atoms with van der Waals surface area (Å²) in [6.07, 6.45) is 3.81. The number of aromatic nitrogens is 2. The maximum atomic E-state index is 12.9. The van der Waals surface area contributed by atoms with Crippen molar-refractivity contribution in [2.75, 3.05) is 19.7 Å². The molecule has 2 atom stereocenters. The highest BCUT2D eigenvalue weighted by Crippen LogP contribution is 2.39. The van der Waals surface area contributed by atoms with Crippen LogP contribution in [0, 0.1) is 0 Å². The smallest absolute Gasteiger partial charge is 0.270 e. The lowest BCUT2D eigenvalue weighted by Gasteiger charge is -2.51. The molecule has 2 fully saturated rings. The first-order valence-corrected chi connectivity index (χ1v) is 10.2. The second-order valence-corrected chi connectivity index (χ2v) is 8.42. The number of fused-ring (bicyclic) bond motifs is 1. The van der Waals surface area contributed by atoms with Gasteiger partial charge in [0, 0.05) is 37.5 Å². The van der Waals surface area contributed by atoms with Crippen molar-refractivity contribution in [2.24, 2.45) is 0 Å². The minimum atomic E-state index is -1.04. The molecule has 2 aromatic rings. The van der Waals surface area contributed by atoms with Gasteiger partial charge in [-0.2, -0.15) is 0 Å². The van der Waals surface area contributed by atoms with E-state index in [0.717, 1.165) is 5.39 Å². The van der Waals surface area contributed by atoms with Gasteiger partial charge in [0.1, 0.15) is 11.3 Å². The summed E-state index contributed by atoms with van der Waals surface area (Å²) in [6, 6.07) is 5.18. The predicted molar refractivity (Wildman–Crippen MR) is 107 cm³/mol. The van der Waals surface area contributed by atoms with Crippen LogP contribution in [0.3, 0.4) is 0 Å². The topological polar surface area (TPSA) is 108 Å². The van der Waals surface area contributed by atoms with E-state index >= 15 is 0 Å². The van der Waals surface area contributed by atoms with Crippen LogP contribution in [0.5, 0.6) is 0 Å². The molecule has 2 aliphatic rings. The van der Waals surface area contributed by atoms with Gasteiger partial charge < -0.3 is 25.0 Å². The van der Waals surface area contributed by atoms with Crippen LogP contribution in [0.15, 0.2) is 24.4 Å². The molecule has 2 saturated heterocycles. The van der Waals surface area contributed by atoms with E-state index in [9.17, 15) is 14.7 Å². The average Bonchev–Trinajstić information content (AvgIpc) is 3.14. The van der Waals surface area contributed by atoms with Gasteiger partial charge in [0.2, 0.25) is 5.91 Å². The summed E-state index contributed by atoms with van der Waals surface area (Å²) in [5.74, 6) is -0.142. The lowest BCUT2D eigenvalue weighted by Crippen LogP contribution is -2.64. The Labute approximate surface area is 169 Å². The van der Waals surface area contributed by atoms with Gasteiger partial charge in [-0.1, -0.05) is 6.92 Å². The SMILES string of the molecule is CCC(=O)N[C@H]1COC2(CCN(C(=O)c3cc4cccnc4[nH]3)CC2)C[C@]1(C)O. The van der Waals surface area contributed by atoms with Crippen molar-refractivity contribution < 1.29 is 19.4 Å². The number of H-pyrrole nitrogens is 1. The zero-order valence-electron chi connectivity index (χ0n) is 16.9. The Kier molecular flexibility index (Phi) is 5.08. The lowest BCUT2D eigenvalue weighted by atomic mass is 9.75. The number of aromatic amines is 1. The molecule has 1 spiro atoms. The number of carbonyl (C=O) groups excluding carboxylic acids is 2. The number of piperidine rings is 1. The Hall–Kier alpha value is -2.45. The van der Waals surface area contributed by atoms with E-state index in [4.69, 9.17) is 4.74 Å². The summed E-state index contributed by atoms with van der Waals surface area (Å²) in [4.78, 5) is 33.8. The van der Waals surface area contributed by atoms with E-state index in [1.54, 1.807) is 20.0 Å². The second kappa shape index (κ2) is 7.42. The normalized spacial score (nSPS) is 26.6. The Morgan fingerprint density at radius 2 is 2.17 bits per heavy atom. The number of likely N-dealkylation sites (tertiary alicyclic amines) is 1. The molecule has 2 amide bonds. The molecule has 4 rings (SSSR count). The molecule has 0 aromatic carbocycles. The number of aliphatic hydroxyl groups is 1. The Balaban J connectivity index is 1.40. The number of rotatable bonds is 3. The first-order chi connectivity index (χ1) is 13.8. The van der Waals surface area contributed by atoms with Crippen LogP contribution in [-0.4, -0.2) is 68.7 Å². The van der Waals surface area contributed by atoms with Crippen molar-refractivity contribution in [2.45, 2.75) is 56.8 Å². The molecule has 8 nitrogen and oxygen atoms in total. The van der Waals surface area contributed by atoms with Gasteiger partial charge in [0.25, 0.3) is 5.91 Å². The molecular formula is C21H28N4O4. The Bertz CT molecular complexity index is 881. The summed E-state index contributed by atoms with van der Waals surface area (Å²) >= 11 is 0. The average molecular weight is 400 g/mol. The second-order valence-electron chi connectivity index (χ2n) is 8.42. The number of hydrogen-bond acceptors (Lipinski definition) is 5. The standard InChI is InChI=1S/C21H28N4O4/c1-3-17(26)24-16-12-29-21(13-20(16,2)28)6-9-25(10-7-21)19(27)15-11-14-5-4-8-22-18(14)23-15/h4-5,8,11,16,28H,3,6-7,9-10,12-13H2,1-2H3,(H,22,23)(H,24,26)/t16-,20-/m0/s1. The molecule has 0 aliphatic carbocycles. The van der Waals surface area contributed by atoms with Gasteiger partial charge in [-0.3, -0.25) is 9.59 Å². The van der Waals surface area contributed by atoms with E-state index in [0.29, 0.717) is 50.1 Å². The van der Waals surface area contributed by atoms with E-state index < -0.39 is 17.2 Å². The third-order valence-electron chi connectivity index (χ3n) is 6.23. The van der Waals surface area contributed by atoms with Crippen molar-refractivity contribution in [3.05, 3.63) is 30.1 Å². The Morgan fingerprint density at radius 3 is 2.83 bits per heavy atom. The van der Waals surface area contributed by atoms with Gasteiger partial charge >= 0.3 is 0 Å². The summed E-state index contributed by atoms with van der Waals surface area (Å²) < 4.78 is 6.15. The summed E-state index contributed by atoms with van der Waals surface area (Å²) in [5.41, 5.74) is -0.266. The number of ether oxygens (including phenoxy) is 1. The predicted octanol–water partition coefficient (Wildman–Crippen LogP) is 1.60. The lowest BCUT2D eigenvalue weighted by molar-refractivity contribution is -0.187. The first-order valence-electron chi connectivity index (χ1n) is 10.2. The maximum Gasteiger partial charge on any atom is 0.270 e. The zero-order valence-corrected chi connectivity index (χ0v) is 16.9. The van der Waals surface area contributed by atoms with Crippen LogP contribution in [-0.2, 0) is 9.53 Å². The van der Waals surface area contributed by atoms with E-state index in [-0.39, 0.29) is 18.4 Å². The van der Waals surface area contributed by atoms with Crippen LogP contribution < -0.4 is 5.32 Å². The quantitative estimate of drug-likeness (QED) is 0.725. The molecule has 2 aliphatic heterocycles. The molecule has 3 N–H and O–H groups in total. The number of amides is 2. The molecule has 4 heterocycles. The van der Waals surface area contributed by atoms with Crippen LogP contribution >= 0.6 is 0 Å². The minimum absolute atomic E-state index is 0.0477. The highest BCUT2D eigenvalue weighted by atomic mass is 16.5. The summed E-state index contributed by atoms with van der Waals surface area (Å²) in [5, 5.41) is 14.7. The first kappa shape index (κ1) is 19.8. The fraction of sp³-hybridized carbons (Fsp3) is 0.571. The Morgan fingerprint density at radius 1 is 1.41 bits per heavy atom. The molecular weight excluding hydrogens is 372 g/mol. The number of nitrogens with one attached hydrogen (secondary N) is 2. The van der Waals surface area contributed by atoms with Gasteiger partial charge in [-0.05, 0) is 38.0 Å². The third-order valence-corrected chi connectivity index (χ3v) is 6.23. The molecule has 156 valence electrons. The number of hydrogen-bond donors (Lipinski definition) is 3. The maximum absolute atomic E-state index is 12.9. The molecule has 0 unspecified atom stereocenters. The largest absolute Gasteiger partial charge is 0.388 e. The van der Waals surface area contributed by atoms with Crippen LogP contribution in [0.1, 0.15) is 50.0 Å². The molecule has 0 bridgehead atoms. The summed E-state index contributed by atoms with van der Waals surface area (Å²) in [6.45, 7) is 4.94. The van der Waals surface area contributed by atoms with Gasteiger partial charge in [-0.25, -0.2) is 4.98 Å². The third kappa shape index (κ3) is 3.86. The van der Waals surface area contributed by atoms with Crippen molar-refractivity contribution in [3.8, 4) is 0 Å². The number of carbonyl (C=O) groups is 2. The van der Waals surface area contributed by atoms with Crippen LogP contribution in [0.25, 0.3) is 11.0 Å². The van der Waals surface area contributed by atoms with Crippen molar-refractivity contribution in [3.63, 3.8) is 0 Å². The van der Waals surface area contributed by atoms with Crippen molar-refractivity contribution >= 4 is 22.8 Å². The van der Waals surface area contributed by atoms with E-state index in [1.807, 2.05) is 23.1 Å². The van der Waals surface area contributed by atoms with E-state index in [1.165, 1.54) is 0 Å². The molecule has 2 aromatic heterocycles. The highest BCUT2D eigenvalue weighted by molar-refractivity contribution is 5.97. The van der Waals surface area contributed by atoms with Crippen molar-refractivity contribution in [1.29, 1.82) is 0 Å². The number of nitrogens with zero attached hydrogens (tertiary/aromatic N) is 2. The number of pyridine rings is 1. The highest BCUT2D eigenvalue weighted by Gasteiger charge is 2.49. The van der Waals surface area contributed by atoms with E-state index in [2.05, 4.69) is 15.3 Å². The fourth-order valence-electron chi connectivity index (χ4n) is 4.44. The fourth-order valence-corrected chi connectivity index (χ4v) is 4.44. The van der Waals surface area contributed by atoms with Crippen molar-refractivity contribution in [1.82, 2.24) is 20.2 Å². The van der Waals surface area contributed by atoms with Gasteiger partial charge in [0.05, 0.1) is 23.9 Å². The van der Waals surface area contributed by atoms with Crippen LogP contribution in [0.2, 0.25) is 0 Å². The molecule has 0 radical (unpaired) electrons. The molecule has 29 heavy (non-hydrogen) atoms. The monoisotopic (exact) mass is 400 g/mol. The van der Waals surface area contributed by atoms with Gasteiger partial charge in [-0.15, -0.1) is 0 Å². The summed E-state index contributed by atoms with van der Waals surface area (Å²) in [7, 11) is 0. The van der Waals surface area contributed by atoms with Gasteiger partial charge in [0.15, 0.2) is 0 Å². The zero-order chi connectivity index (χ0) is 20.6. The molecule has 0 saturated carbocycles. The minimum Gasteiger partial charge on any atom is -0.388 e. The molecule has 8 heteroatoms.